The summed E-state index contributed by atoms with van der Waals surface area (Å²) in [5.41, 5.74) is 6.45. The topological polar surface area (TPSA) is 194 Å². The van der Waals surface area contributed by atoms with Crippen molar-refractivity contribution >= 4 is 38.6 Å². The van der Waals surface area contributed by atoms with Crippen LogP contribution in [0.2, 0.25) is 0 Å². The molecule has 0 saturated heterocycles. The van der Waals surface area contributed by atoms with Gasteiger partial charge in [0.25, 0.3) is 21.6 Å². The third-order valence-corrected chi connectivity index (χ3v) is 7.06. The molecule has 5 rings (SSSR count). The minimum Gasteiger partial charge on any atom is -0.497 e. The number of ether oxygens (including phenoxy) is 3. The van der Waals surface area contributed by atoms with Crippen LogP contribution in [-0.4, -0.2) is 64.7 Å². The Hall–Kier alpha value is -5.58. The predicted octanol–water partition coefficient (Wildman–Crippen LogP) is 4.47. The Kier molecular flexibility index (Phi) is 11.7. The van der Waals surface area contributed by atoms with Crippen molar-refractivity contribution in [1.82, 2.24) is 14.3 Å². The number of nitrogens with two attached hydrogens (primary N) is 1. The van der Waals surface area contributed by atoms with Gasteiger partial charge in [-0.25, -0.2) is 9.07 Å². The lowest BCUT2D eigenvalue weighted by atomic mass is 10.2. The van der Waals surface area contributed by atoms with Crippen LogP contribution < -0.4 is 26.1 Å². The van der Waals surface area contributed by atoms with Crippen LogP contribution in [0.15, 0.2) is 83.8 Å². The van der Waals surface area contributed by atoms with Crippen molar-refractivity contribution in [2.24, 2.45) is 5.73 Å². The maximum Gasteiger partial charge on any atom is 0.322 e. The van der Waals surface area contributed by atoms with Gasteiger partial charge in [0.1, 0.15) is 29.2 Å². The number of carbonyl (C=O) groups is 2. The highest BCUT2D eigenvalue weighted by atomic mass is 32.2. The van der Waals surface area contributed by atoms with Gasteiger partial charge in [-0.05, 0) is 63.2 Å². The normalized spacial score (nSPS) is 12.3. The van der Waals surface area contributed by atoms with Crippen LogP contribution in [0.4, 0.5) is 10.1 Å². The molecule has 5 aromatic rings. The van der Waals surface area contributed by atoms with Crippen molar-refractivity contribution in [3.05, 3.63) is 106 Å². The molecule has 50 heavy (non-hydrogen) atoms. The molecular formula is C34H36FN5O9S. The number of anilines is 1. The number of rotatable bonds is 10. The van der Waals surface area contributed by atoms with E-state index < -0.39 is 45.5 Å². The number of pyridine rings is 1. The molecule has 4 N–H and O–H groups in total. The Morgan fingerprint density at radius 1 is 1.04 bits per heavy atom. The fourth-order valence-electron chi connectivity index (χ4n) is 4.83. The van der Waals surface area contributed by atoms with Crippen LogP contribution in [0.1, 0.15) is 29.9 Å². The van der Waals surface area contributed by atoms with E-state index in [9.17, 15) is 22.8 Å². The lowest BCUT2D eigenvalue weighted by Gasteiger charge is -2.19. The maximum atomic E-state index is 15.2. The molecule has 0 aliphatic heterocycles. The standard InChI is InChI=1S/C33H32FN5O6.CH4O3S/c1-19(44-33(42)20(2)35)18-38-21(3)30(32(41)39(38)23-8-6-5-7-9-23)31(40)37-22-10-13-29(26(34)16-22)45-28-14-15-36-27-17-24(43-4)11-12-25(27)28;1-5(2,3)4/h5-17,19-20H,18,35H2,1-4H3,(H,37,40);1H3,(H,2,3,4)/t19-,20+;/m1./s1. The highest BCUT2D eigenvalue weighted by molar-refractivity contribution is 7.85. The molecule has 2 aromatic heterocycles. The van der Waals surface area contributed by atoms with Gasteiger partial charge in [0, 0.05) is 29.4 Å². The van der Waals surface area contributed by atoms with Gasteiger partial charge >= 0.3 is 5.97 Å². The van der Waals surface area contributed by atoms with Gasteiger partial charge in [-0.3, -0.25) is 28.6 Å². The predicted molar refractivity (Wildman–Crippen MR) is 184 cm³/mol. The average Bonchev–Trinajstić information content (AvgIpc) is 3.29. The molecule has 0 spiro atoms. The number of para-hydroxylation sites is 1. The van der Waals surface area contributed by atoms with Crippen LogP contribution >= 0.6 is 0 Å². The highest BCUT2D eigenvalue weighted by Gasteiger charge is 2.26. The molecule has 0 aliphatic rings. The number of hydrogen-bond donors (Lipinski definition) is 3. The summed E-state index contributed by atoms with van der Waals surface area (Å²) >= 11 is 0. The second-order valence-electron chi connectivity index (χ2n) is 11.2. The van der Waals surface area contributed by atoms with E-state index in [1.165, 1.54) is 23.7 Å². The molecule has 0 aliphatic carbocycles. The van der Waals surface area contributed by atoms with Crippen LogP contribution in [-0.2, 0) is 26.2 Å². The second-order valence-corrected chi connectivity index (χ2v) is 12.6. The molecule has 0 fully saturated rings. The van der Waals surface area contributed by atoms with Gasteiger partial charge in [-0.15, -0.1) is 0 Å². The second kappa shape index (κ2) is 15.8. The van der Waals surface area contributed by atoms with Crippen molar-refractivity contribution in [2.75, 3.05) is 18.7 Å². The highest BCUT2D eigenvalue weighted by Crippen LogP contribution is 2.33. The summed E-state index contributed by atoms with van der Waals surface area (Å²) in [6.45, 7) is 4.86. The number of esters is 1. The summed E-state index contributed by atoms with van der Waals surface area (Å²) in [5, 5.41) is 3.28. The lowest BCUT2D eigenvalue weighted by Crippen LogP contribution is -2.34. The quantitative estimate of drug-likeness (QED) is 0.137. The zero-order valence-electron chi connectivity index (χ0n) is 27.8. The van der Waals surface area contributed by atoms with Crippen molar-refractivity contribution in [2.45, 2.75) is 39.5 Å². The molecule has 0 bridgehead atoms. The van der Waals surface area contributed by atoms with E-state index in [1.807, 2.05) is 0 Å². The molecule has 264 valence electrons. The van der Waals surface area contributed by atoms with Crippen LogP contribution in [0.3, 0.4) is 0 Å². The monoisotopic (exact) mass is 709 g/mol. The molecule has 0 radical (unpaired) electrons. The largest absolute Gasteiger partial charge is 0.497 e. The van der Waals surface area contributed by atoms with Crippen molar-refractivity contribution in [3.8, 4) is 22.9 Å². The number of nitrogens with one attached hydrogen (secondary N) is 1. The summed E-state index contributed by atoms with van der Waals surface area (Å²) < 4.78 is 60.5. The number of carbonyl (C=O) groups excluding carboxylic acids is 2. The van der Waals surface area contributed by atoms with E-state index in [-0.39, 0.29) is 23.5 Å². The minimum absolute atomic E-state index is 0.0683. The minimum atomic E-state index is -3.67. The first-order chi connectivity index (χ1) is 23.6. The van der Waals surface area contributed by atoms with Gasteiger partial charge in [-0.2, -0.15) is 8.42 Å². The van der Waals surface area contributed by atoms with E-state index >= 15 is 4.39 Å². The zero-order chi connectivity index (χ0) is 36.7. The Balaban J connectivity index is 0.00000105. The van der Waals surface area contributed by atoms with E-state index in [2.05, 4.69) is 10.3 Å². The summed E-state index contributed by atoms with van der Waals surface area (Å²) in [4.78, 5) is 43.5. The SMILES string of the molecule is COc1ccc2c(Oc3ccc(NC(=O)c4c(C)n(C[C@@H](C)OC(=O)[C@H](C)N)n(-c5ccccc5)c4=O)cc3F)ccnc2c1.CS(=O)(=O)O. The summed E-state index contributed by atoms with van der Waals surface area (Å²) in [7, 11) is -2.11. The summed E-state index contributed by atoms with van der Waals surface area (Å²) in [6.07, 6.45) is 1.59. The molecule has 2 heterocycles. The van der Waals surface area contributed by atoms with Crippen LogP contribution in [0.25, 0.3) is 16.6 Å². The molecule has 14 nitrogen and oxygen atoms in total. The molecule has 1 amide bonds. The molecule has 16 heteroatoms. The van der Waals surface area contributed by atoms with Crippen molar-refractivity contribution < 1.29 is 41.2 Å². The summed E-state index contributed by atoms with van der Waals surface area (Å²) in [6, 6.07) is 18.8. The first-order valence-electron chi connectivity index (χ1n) is 15.0. The zero-order valence-corrected chi connectivity index (χ0v) is 28.6. The average molecular weight is 710 g/mol. The molecular weight excluding hydrogens is 673 g/mol. The van der Waals surface area contributed by atoms with Gasteiger partial charge in [0.15, 0.2) is 11.6 Å². The number of hydrogen-bond acceptors (Lipinski definition) is 10. The van der Waals surface area contributed by atoms with Crippen molar-refractivity contribution in [1.29, 1.82) is 0 Å². The number of fused-ring (bicyclic) bond motifs is 1. The molecule has 3 aromatic carbocycles. The lowest BCUT2D eigenvalue weighted by molar-refractivity contribution is -0.150. The van der Waals surface area contributed by atoms with Crippen LogP contribution in [0.5, 0.6) is 17.2 Å². The summed E-state index contributed by atoms with van der Waals surface area (Å²) in [5.74, 6) is -1.11. The Bertz CT molecular complexity index is 2180. The Morgan fingerprint density at radius 3 is 2.34 bits per heavy atom. The first-order valence-corrected chi connectivity index (χ1v) is 16.9. The van der Waals surface area contributed by atoms with E-state index in [4.69, 9.17) is 24.5 Å². The molecule has 0 saturated carbocycles. The number of halogens is 1. The van der Waals surface area contributed by atoms with E-state index in [0.29, 0.717) is 40.0 Å². The van der Waals surface area contributed by atoms with Gasteiger partial charge in [-0.1, -0.05) is 18.2 Å². The first kappa shape index (κ1) is 37.2. The smallest absolute Gasteiger partial charge is 0.322 e. The fourth-order valence-corrected chi connectivity index (χ4v) is 4.83. The molecule has 0 unspecified atom stereocenters. The van der Waals surface area contributed by atoms with Crippen LogP contribution in [0, 0.1) is 12.7 Å². The van der Waals surface area contributed by atoms with Crippen molar-refractivity contribution in [3.63, 3.8) is 0 Å². The number of benzene rings is 3. The third kappa shape index (κ3) is 9.31. The van der Waals surface area contributed by atoms with Gasteiger partial charge in [0.05, 0.1) is 36.8 Å². The number of methoxy groups -OCH3 is 1. The van der Waals surface area contributed by atoms with Gasteiger partial charge in [0.2, 0.25) is 0 Å². The maximum absolute atomic E-state index is 15.2. The van der Waals surface area contributed by atoms with E-state index in [1.54, 1.807) is 86.4 Å². The Morgan fingerprint density at radius 2 is 1.72 bits per heavy atom. The number of amides is 1. The van der Waals surface area contributed by atoms with E-state index in [0.717, 1.165) is 6.07 Å². The Labute approximate surface area is 286 Å². The molecule has 2 atom stereocenters. The number of aromatic nitrogens is 3. The third-order valence-electron chi connectivity index (χ3n) is 7.06. The van der Waals surface area contributed by atoms with Gasteiger partial charge < -0.3 is 25.3 Å². The number of nitrogens with zero attached hydrogens (tertiary/aromatic N) is 3. The fraction of sp³-hybridized carbons (Fsp3) is 0.235.